The van der Waals surface area contributed by atoms with Crippen LogP contribution in [0, 0.1) is 0 Å². The molecular weight excluding hydrogens is 358 g/mol. The summed E-state index contributed by atoms with van der Waals surface area (Å²) >= 11 is 0. The molecule has 3 rings (SSSR count). The minimum absolute atomic E-state index is 0.00587. The third kappa shape index (κ3) is 5.23. The van der Waals surface area contributed by atoms with Crippen molar-refractivity contribution in [3.05, 3.63) is 10.5 Å². The number of H-pyrrole nitrogens is 1. The second kappa shape index (κ2) is 9.88. The van der Waals surface area contributed by atoms with Gasteiger partial charge < -0.3 is 20.7 Å². The standard InChI is InChI=1S/C19H33N7O2/c1-3-7-14(2)28-18-22-16(20)15-17(23-18)24-19(27)26(15)11-6-4-5-10-25-12-8-21-9-13-25/h14,21H,3-13H2,1-2H3,(H3,20,22,23,24,27)/t14-/m0/s1. The smallest absolute Gasteiger partial charge is 0.327 e. The van der Waals surface area contributed by atoms with Gasteiger partial charge in [0, 0.05) is 32.7 Å². The van der Waals surface area contributed by atoms with Crippen LogP contribution in [0.3, 0.4) is 0 Å². The number of rotatable bonds is 10. The van der Waals surface area contributed by atoms with Gasteiger partial charge in [0.25, 0.3) is 0 Å². The molecule has 2 aromatic heterocycles. The molecule has 1 fully saturated rings. The van der Waals surface area contributed by atoms with Gasteiger partial charge in [-0.3, -0.25) is 9.55 Å². The van der Waals surface area contributed by atoms with Crippen LogP contribution in [0.4, 0.5) is 5.82 Å². The largest absolute Gasteiger partial charge is 0.460 e. The molecule has 1 aliphatic rings. The molecule has 28 heavy (non-hydrogen) atoms. The lowest BCUT2D eigenvalue weighted by Gasteiger charge is -2.27. The Morgan fingerprint density at radius 3 is 2.68 bits per heavy atom. The highest BCUT2D eigenvalue weighted by Crippen LogP contribution is 2.20. The second-order valence-corrected chi connectivity index (χ2v) is 7.54. The quantitative estimate of drug-likeness (QED) is 0.524. The summed E-state index contributed by atoms with van der Waals surface area (Å²) in [5.41, 5.74) is 6.94. The molecule has 1 atom stereocenters. The highest BCUT2D eigenvalue weighted by molar-refractivity contribution is 5.82. The van der Waals surface area contributed by atoms with Gasteiger partial charge in [-0.1, -0.05) is 19.8 Å². The molecular formula is C19H33N7O2. The highest BCUT2D eigenvalue weighted by Gasteiger charge is 2.16. The third-order valence-electron chi connectivity index (χ3n) is 5.20. The molecule has 9 nitrogen and oxygen atoms in total. The van der Waals surface area contributed by atoms with Crippen LogP contribution >= 0.6 is 0 Å². The minimum Gasteiger partial charge on any atom is -0.460 e. The number of unbranched alkanes of at least 4 members (excludes halogenated alkanes) is 2. The number of aryl methyl sites for hydroxylation is 1. The molecule has 0 amide bonds. The molecule has 0 unspecified atom stereocenters. The summed E-state index contributed by atoms with van der Waals surface area (Å²) in [6.07, 6.45) is 5.06. The maximum atomic E-state index is 12.4. The van der Waals surface area contributed by atoms with E-state index in [2.05, 4.69) is 32.1 Å². The predicted octanol–water partition coefficient (Wildman–Crippen LogP) is 1.34. The Labute approximate surface area is 165 Å². The van der Waals surface area contributed by atoms with Crippen LogP contribution < -0.4 is 21.5 Å². The van der Waals surface area contributed by atoms with E-state index in [1.54, 1.807) is 4.57 Å². The van der Waals surface area contributed by atoms with E-state index in [0.717, 1.165) is 64.8 Å². The van der Waals surface area contributed by atoms with Crippen molar-refractivity contribution in [1.29, 1.82) is 0 Å². The van der Waals surface area contributed by atoms with E-state index in [1.807, 2.05) is 6.92 Å². The summed E-state index contributed by atoms with van der Waals surface area (Å²) in [5.74, 6) is 0.280. The molecule has 1 saturated heterocycles. The van der Waals surface area contributed by atoms with Crippen LogP contribution in [-0.4, -0.2) is 63.2 Å². The molecule has 2 aromatic rings. The number of aromatic nitrogens is 4. The zero-order valence-corrected chi connectivity index (χ0v) is 17.0. The summed E-state index contributed by atoms with van der Waals surface area (Å²) in [6.45, 7) is 10.2. The van der Waals surface area contributed by atoms with Crippen molar-refractivity contribution in [3.8, 4) is 6.01 Å². The zero-order chi connectivity index (χ0) is 19.9. The van der Waals surface area contributed by atoms with Crippen molar-refractivity contribution >= 4 is 17.0 Å². The molecule has 0 spiro atoms. The van der Waals surface area contributed by atoms with E-state index in [9.17, 15) is 4.79 Å². The number of nitrogens with two attached hydrogens (primary N) is 1. The van der Waals surface area contributed by atoms with Crippen LogP contribution in [0.5, 0.6) is 6.01 Å². The molecule has 0 radical (unpaired) electrons. The number of imidazole rings is 1. The zero-order valence-electron chi connectivity index (χ0n) is 17.0. The normalized spacial score (nSPS) is 16.5. The monoisotopic (exact) mass is 391 g/mol. The topological polar surface area (TPSA) is 114 Å². The Morgan fingerprint density at radius 1 is 1.18 bits per heavy atom. The molecule has 1 aliphatic heterocycles. The average Bonchev–Trinajstić information content (AvgIpc) is 2.98. The Morgan fingerprint density at radius 2 is 1.93 bits per heavy atom. The van der Waals surface area contributed by atoms with E-state index < -0.39 is 0 Å². The number of aromatic amines is 1. The lowest BCUT2D eigenvalue weighted by Crippen LogP contribution is -2.43. The van der Waals surface area contributed by atoms with E-state index in [1.165, 1.54) is 0 Å². The van der Waals surface area contributed by atoms with Crippen molar-refractivity contribution in [2.24, 2.45) is 0 Å². The fourth-order valence-corrected chi connectivity index (χ4v) is 3.70. The SMILES string of the molecule is CCC[C@H](C)Oc1nc(N)c2c(n1)[nH]c(=O)n2CCCCCN1CCNCC1. The first-order valence-corrected chi connectivity index (χ1v) is 10.4. The van der Waals surface area contributed by atoms with Crippen LogP contribution in [-0.2, 0) is 6.54 Å². The molecule has 3 heterocycles. The number of nitrogens with one attached hydrogen (secondary N) is 2. The van der Waals surface area contributed by atoms with Gasteiger partial charge >= 0.3 is 11.7 Å². The van der Waals surface area contributed by atoms with E-state index in [0.29, 0.717) is 17.7 Å². The van der Waals surface area contributed by atoms with Gasteiger partial charge in [0.2, 0.25) is 0 Å². The third-order valence-corrected chi connectivity index (χ3v) is 5.20. The van der Waals surface area contributed by atoms with Crippen LogP contribution in [0.15, 0.2) is 4.79 Å². The van der Waals surface area contributed by atoms with Crippen LogP contribution in [0.25, 0.3) is 11.2 Å². The number of hydrogen-bond donors (Lipinski definition) is 3. The van der Waals surface area contributed by atoms with Gasteiger partial charge in [-0.15, -0.1) is 0 Å². The number of piperazine rings is 1. The van der Waals surface area contributed by atoms with Crippen molar-refractivity contribution in [1.82, 2.24) is 29.7 Å². The Balaban J connectivity index is 1.58. The van der Waals surface area contributed by atoms with Crippen LogP contribution in [0.2, 0.25) is 0 Å². The first-order valence-electron chi connectivity index (χ1n) is 10.4. The average molecular weight is 392 g/mol. The lowest BCUT2D eigenvalue weighted by molar-refractivity contribution is 0.193. The Bertz CT molecular complexity index is 810. The van der Waals surface area contributed by atoms with Gasteiger partial charge in [0.05, 0.1) is 6.10 Å². The van der Waals surface area contributed by atoms with Crippen molar-refractivity contribution in [2.75, 3.05) is 38.5 Å². The fourth-order valence-electron chi connectivity index (χ4n) is 3.70. The Hall–Kier alpha value is -2.13. The van der Waals surface area contributed by atoms with Gasteiger partial charge in [-0.25, -0.2) is 4.79 Å². The van der Waals surface area contributed by atoms with Gasteiger partial charge in [-0.2, -0.15) is 9.97 Å². The van der Waals surface area contributed by atoms with E-state index >= 15 is 0 Å². The summed E-state index contributed by atoms with van der Waals surface area (Å²) in [5, 5.41) is 3.37. The molecule has 0 saturated carbocycles. The summed E-state index contributed by atoms with van der Waals surface area (Å²) < 4.78 is 7.37. The maximum absolute atomic E-state index is 12.4. The molecule has 0 aromatic carbocycles. The van der Waals surface area contributed by atoms with Crippen molar-refractivity contribution in [3.63, 3.8) is 0 Å². The number of nitrogens with zero attached hydrogens (tertiary/aromatic N) is 4. The second-order valence-electron chi connectivity index (χ2n) is 7.54. The maximum Gasteiger partial charge on any atom is 0.327 e. The molecule has 4 N–H and O–H groups in total. The molecule has 156 valence electrons. The van der Waals surface area contributed by atoms with Gasteiger partial charge in [0.15, 0.2) is 11.5 Å². The van der Waals surface area contributed by atoms with Gasteiger partial charge in [0.1, 0.15) is 5.52 Å². The van der Waals surface area contributed by atoms with E-state index in [-0.39, 0.29) is 23.6 Å². The van der Waals surface area contributed by atoms with Crippen molar-refractivity contribution < 1.29 is 4.74 Å². The van der Waals surface area contributed by atoms with E-state index in [4.69, 9.17) is 10.5 Å². The number of hydrogen-bond acceptors (Lipinski definition) is 7. The summed E-state index contributed by atoms with van der Waals surface area (Å²) in [4.78, 5) is 26.2. The highest BCUT2D eigenvalue weighted by atomic mass is 16.5. The summed E-state index contributed by atoms with van der Waals surface area (Å²) in [7, 11) is 0. The minimum atomic E-state index is -0.197. The number of fused-ring (bicyclic) bond motifs is 1. The first-order chi connectivity index (χ1) is 13.6. The number of ether oxygens (including phenoxy) is 1. The molecule has 0 bridgehead atoms. The molecule has 9 heteroatoms. The molecule has 0 aliphatic carbocycles. The Kier molecular flexibility index (Phi) is 7.27. The van der Waals surface area contributed by atoms with Crippen LogP contribution in [0.1, 0.15) is 46.0 Å². The number of anilines is 1. The summed E-state index contributed by atoms with van der Waals surface area (Å²) in [6, 6.07) is 0.218. The first kappa shape index (κ1) is 20.6. The number of nitrogen functional groups attached to an aromatic ring is 1. The fraction of sp³-hybridized carbons (Fsp3) is 0.737. The van der Waals surface area contributed by atoms with Gasteiger partial charge in [-0.05, 0) is 32.7 Å². The van der Waals surface area contributed by atoms with Crippen molar-refractivity contribution in [2.45, 2.75) is 58.6 Å². The predicted molar refractivity (Wildman–Crippen MR) is 111 cm³/mol. The lowest BCUT2D eigenvalue weighted by atomic mass is 10.2.